The fraction of sp³-hybridized carbons (Fsp3) is 0.125. The van der Waals surface area contributed by atoms with Crippen molar-refractivity contribution in [2.75, 3.05) is 6.61 Å². The van der Waals surface area contributed by atoms with E-state index < -0.39 is 16.6 Å². The molecule has 3 aromatic rings. The van der Waals surface area contributed by atoms with E-state index in [0.29, 0.717) is 23.5 Å². The molecule has 1 amide bonds. The molecule has 0 aliphatic rings. The van der Waals surface area contributed by atoms with Gasteiger partial charge < -0.3 is 9.47 Å². The SMILES string of the molecule is CCOc1cc(/C=N\NC(=O)c2ccc(C#N)cc2F)cc(Cl)c1OCc1ccc([N+](=O)[O-])cc1. The Labute approximate surface area is 204 Å². The smallest absolute Gasteiger partial charge is 0.274 e. The minimum absolute atomic E-state index is 0.0283. The molecule has 0 aliphatic carbocycles. The summed E-state index contributed by atoms with van der Waals surface area (Å²) in [6, 6.07) is 14.3. The molecule has 35 heavy (non-hydrogen) atoms. The number of hydrogen-bond acceptors (Lipinski definition) is 7. The van der Waals surface area contributed by atoms with Crippen LogP contribution in [0.4, 0.5) is 10.1 Å². The van der Waals surface area contributed by atoms with Gasteiger partial charge in [-0.25, -0.2) is 9.82 Å². The average Bonchev–Trinajstić information content (AvgIpc) is 2.83. The number of benzene rings is 3. The van der Waals surface area contributed by atoms with Crippen LogP contribution in [0.15, 0.2) is 59.7 Å². The number of carbonyl (C=O) groups is 1. The maximum absolute atomic E-state index is 14.0. The van der Waals surface area contributed by atoms with E-state index >= 15 is 0 Å². The summed E-state index contributed by atoms with van der Waals surface area (Å²) >= 11 is 6.37. The van der Waals surface area contributed by atoms with E-state index in [1.807, 2.05) is 0 Å². The molecule has 0 bridgehead atoms. The number of ether oxygens (including phenoxy) is 2. The van der Waals surface area contributed by atoms with Crippen LogP contribution in [-0.2, 0) is 6.61 Å². The fourth-order valence-corrected chi connectivity index (χ4v) is 3.20. The summed E-state index contributed by atoms with van der Waals surface area (Å²) in [4.78, 5) is 22.5. The fourth-order valence-electron chi connectivity index (χ4n) is 2.93. The van der Waals surface area contributed by atoms with Crippen molar-refractivity contribution in [3.8, 4) is 17.6 Å². The van der Waals surface area contributed by atoms with Crippen LogP contribution < -0.4 is 14.9 Å². The number of nitriles is 1. The lowest BCUT2D eigenvalue weighted by atomic mass is 10.1. The monoisotopic (exact) mass is 496 g/mol. The first-order valence-electron chi connectivity index (χ1n) is 10.2. The third kappa shape index (κ3) is 6.52. The first kappa shape index (κ1) is 25.1. The van der Waals surface area contributed by atoms with E-state index in [1.54, 1.807) is 31.2 Å². The number of nitro benzene ring substituents is 1. The number of carbonyl (C=O) groups excluding carboxylic acids is 1. The maximum atomic E-state index is 14.0. The molecule has 1 N–H and O–H groups in total. The normalized spacial score (nSPS) is 10.6. The molecule has 178 valence electrons. The van der Waals surface area contributed by atoms with Crippen LogP contribution in [0.25, 0.3) is 0 Å². The van der Waals surface area contributed by atoms with Gasteiger partial charge in [0.2, 0.25) is 0 Å². The van der Waals surface area contributed by atoms with Crippen LogP contribution in [0.5, 0.6) is 11.5 Å². The second-order valence-electron chi connectivity index (χ2n) is 6.98. The Morgan fingerprint density at radius 1 is 1.23 bits per heavy atom. The number of nitrogens with one attached hydrogen (secondary N) is 1. The molecule has 0 aliphatic heterocycles. The molecule has 0 fully saturated rings. The first-order valence-corrected chi connectivity index (χ1v) is 10.6. The van der Waals surface area contributed by atoms with Crippen molar-refractivity contribution < 1.29 is 23.6 Å². The van der Waals surface area contributed by atoms with Gasteiger partial charge in [0.1, 0.15) is 12.4 Å². The van der Waals surface area contributed by atoms with Crippen LogP contribution in [0.2, 0.25) is 5.02 Å². The number of hydrazone groups is 1. The van der Waals surface area contributed by atoms with Crippen molar-refractivity contribution >= 4 is 29.4 Å². The van der Waals surface area contributed by atoms with Crippen molar-refractivity contribution in [3.63, 3.8) is 0 Å². The van der Waals surface area contributed by atoms with Gasteiger partial charge >= 0.3 is 0 Å². The minimum Gasteiger partial charge on any atom is -0.490 e. The molecule has 3 rings (SSSR count). The van der Waals surface area contributed by atoms with E-state index in [0.717, 1.165) is 6.07 Å². The highest BCUT2D eigenvalue weighted by Crippen LogP contribution is 2.37. The molecule has 11 heteroatoms. The minimum atomic E-state index is -0.840. The lowest BCUT2D eigenvalue weighted by Gasteiger charge is -2.14. The van der Waals surface area contributed by atoms with Crippen LogP contribution in [0, 0.1) is 27.3 Å². The predicted molar refractivity (Wildman–Crippen MR) is 126 cm³/mol. The van der Waals surface area contributed by atoms with Gasteiger partial charge in [-0.3, -0.25) is 14.9 Å². The quantitative estimate of drug-likeness (QED) is 0.252. The highest BCUT2D eigenvalue weighted by atomic mass is 35.5. The van der Waals surface area contributed by atoms with E-state index in [-0.39, 0.29) is 34.2 Å². The zero-order valence-electron chi connectivity index (χ0n) is 18.3. The molecule has 0 saturated heterocycles. The molecule has 3 aromatic carbocycles. The number of nitrogens with zero attached hydrogens (tertiary/aromatic N) is 3. The van der Waals surface area contributed by atoms with Gasteiger partial charge in [-0.15, -0.1) is 0 Å². The third-order valence-corrected chi connectivity index (χ3v) is 4.87. The third-order valence-electron chi connectivity index (χ3n) is 4.58. The van der Waals surface area contributed by atoms with Crippen LogP contribution in [0.3, 0.4) is 0 Å². The Hall–Kier alpha value is -4.49. The molecule has 9 nitrogen and oxygen atoms in total. The number of halogens is 2. The van der Waals surface area contributed by atoms with Crippen molar-refractivity contribution in [3.05, 3.63) is 97.8 Å². The topological polar surface area (TPSA) is 127 Å². The van der Waals surface area contributed by atoms with Crippen molar-refractivity contribution in [1.82, 2.24) is 5.43 Å². The second-order valence-corrected chi connectivity index (χ2v) is 7.39. The summed E-state index contributed by atoms with van der Waals surface area (Å²) in [6.45, 7) is 2.19. The van der Waals surface area contributed by atoms with Gasteiger partial charge in [0, 0.05) is 12.1 Å². The molecular formula is C24H18ClFN4O5. The van der Waals surface area contributed by atoms with Crippen LogP contribution in [-0.4, -0.2) is 23.7 Å². The van der Waals surface area contributed by atoms with Gasteiger partial charge in [0.25, 0.3) is 11.6 Å². The Kier molecular flexibility index (Phi) is 8.32. The molecule has 0 heterocycles. The largest absolute Gasteiger partial charge is 0.490 e. The number of hydrogen-bond donors (Lipinski definition) is 1. The Morgan fingerprint density at radius 2 is 1.97 bits per heavy atom. The zero-order chi connectivity index (χ0) is 25.4. The van der Waals surface area contributed by atoms with Crippen LogP contribution in [0.1, 0.15) is 34.0 Å². The maximum Gasteiger partial charge on any atom is 0.274 e. The lowest BCUT2D eigenvalue weighted by Crippen LogP contribution is -2.19. The zero-order valence-corrected chi connectivity index (χ0v) is 19.1. The summed E-state index contributed by atoms with van der Waals surface area (Å²) < 4.78 is 25.4. The highest BCUT2D eigenvalue weighted by Gasteiger charge is 2.14. The summed E-state index contributed by atoms with van der Waals surface area (Å²) in [5, 5.41) is 23.6. The average molecular weight is 497 g/mol. The first-order chi connectivity index (χ1) is 16.8. The van der Waals surface area contributed by atoms with Gasteiger partial charge in [0.05, 0.1) is 40.0 Å². The van der Waals surface area contributed by atoms with Gasteiger partial charge in [-0.2, -0.15) is 10.4 Å². The number of rotatable bonds is 9. The molecule has 0 radical (unpaired) electrons. The standard InChI is InChI=1S/C24H18ClFN4O5/c1-2-34-22-11-17(13-28-29-24(31)19-8-5-16(12-27)10-21(19)26)9-20(25)23(22)35-14-15-3-6-18(7-4-15)30(32)33/h3-11,13H,2,14H2,1H3,(H,29,31)/b28-13-. The Bertz CT molecular complexity index is 1320. The van der Waals surface area contributed by atoms with Gasteiger partial charge in [0.15, 0.2) is 11.5 Å². The molecular weight excluding hydrogens is 479 g/mol. The van der Waals surface area contributed by atoms with E-state index in [9.17, 15) is 19.3 Å². The van der Waals surface area contributed by atoms with Crippen molar-refractivity contribution in [1.29, 1.82) is 5.26 Å². The summed E-state index contributed by atoms with van der Waals surface area (Å²) in [5.74, 6) is -1.03. The number of non-ortho nitro benzene ring substituents is 1. The van der Waals surface area contributed by atoms with Gasteiger partial charge in [-0.1, -0.05) is 11.6 Å². The van der Waals surface area contributed by atoms with E-state index in [2.05, 4.69) is 10.5 Å². The molecule has 0 saturated carbocycles. The van der Waals surface area contributed by atoms with Gasteiger partial charge in [-0.05, 0) is 60.5 Å². The molecule has 0 unspecified atom stereocenters. The van der Waals surface area contributed by atoms with E-state index in [1.165, 1.54) is 36.5 Å². The molecule has 0 aromatic heterocycles. The molecule has 0 atom stereocenters. The van der Waals surface area contributed by atoms with E-state index in [4.69, 9.17) is 26.3 Å². The summed E-state index contributed by atoms with van der Waals surface area (Å²) in [6.07, 6.45) is 1.30. The second kappa shape index (κ2) is 11.6. The lowest BCUT2D eigenvalue weighted by molar-refractivity contribution is -0.384. The summed E-state index contributed by atoms with van der Waals surface area (Å²) in [5.41, 5.74) is 3.19. The predicted octanol–water partition coefficient (Wildman–Crippen LogP) is 5.00. The van der Waals surface area contributed by atoms with Crippen molar-refractivity contribution in [2.45, 2.75) is 13.5 Å². The Morgan fingerprint density at radius 3 is 2.60 bits per heavy atom. The van der Waals surface area contributed by atoms with Crippen molar-refractivity contribution in [2.24, 2.45) is 5.10 Å². The highest BCUT2D eigenvalue weighted by molar-refractivity contribution is 6.32. The Balaban J connectivity index is 1.72. The number of nitro groups is 1. The van der Waals surface area contributed by atoms with Crippen LogP contribution >= 0.6 is 11.6 Å². The molecule has 0 spiro atoms. The number of amides is 1. The summed E-state index contributed by atoms with van der Waals surface area (Å²) in [7, 11) is 0.